The fraction of sp³-hybridized carbons (Fsp3) is 0.545. The van der Waals surface area contributed by atoms with Gasteiger partial charge >= 0.3 is 0 Å². The molecular formula is C11H17N3O. The lowest BCUT2D eigenvalue weighted by Crippen LogP contribution is -2.48. The van der Waals surface area contributed by atoms with Gasteiger partial charge in [-0.25, -0.2) is 0 Å². The molecule has 0 bridgehead atoms. The summed E-state index contributed by atoms with van der Waals surface area (Å²) in [5.74, 6) is 0.632. The van der Waals surface area contributed by atoms with Crippen molar-refractivity contribution >= 4 is 5.91 Å². The van der Waals surface area contributed by atoms with E-state index in [9.17, 15) is 4.79 Å². The van der Waals surface area contributed by atoms with E-state index in [4.69, 9.17) is 0 Å². The van der Waals surface area contributed by atoms with E-state index < -0.39 is 0 Å². The maximum atomic E-state index is 11.8. The lowest BCUT2D eigenvalue weighted by atomic mass is 10.0. The highest BCUT2D eigenvalue weighted by Crippen LogP contribution is 2.06. The zero-order chi connectivity index (χ0) is 10.8. The zero-order valence-corrected chi connectivity index (χ0v) is 9.21. The number of hydrogen-bond acceptors (Lipinski definition) is 2. The summed E-state index contributed by atoms with van der Waals surface area (Å²) in [5.41, 5.74) is 1.84. The van der Waals surface area contributed by atoms with Crippen LogP contribution in [0.25, 0.3) is 0 Å². The van der Waals surface area contributed by atoms with Crippen LogP contribution in [0, 0.1) is 12.8 Å². The van der Waals surface area contributed by atoms with Crippen LogP contribution in [0.2, 0.25) is 0 Å². The standard InChI is InChI=1S/C11H17N3O/c1-8-3-4-10(14(8)2)11(15)13-7-9-5-12-6-9/h3-4,9,12H,5-7H2,1-2H3,(H,13,15). The maximum Gasteiger partial charge on any atom is 0.267 e. The number of carbonyl (C=O) groups excluding carboxylic acids is 1. The topological polar surface area (TPSA) is 46.1 Å². The molecule has 1 aromatic heterocycles. The second-order valence-corrected chi connectivity index (χ2v) is 4.15. The summed E-state index contributed by atoms with van der Waals surface area (Å²) >= 11 is 0. The Morgan fingerprint density at radius 2 is 2.33 bits per heavy atom. The van der Waals surface area contributed by atoms with Gasteiger partial charge in [0.15, 0.2) is 0 Å². The van der Waals surface area contributed by atoms with Crippen molar-refractivity contribution in [3.05, 3.63) is 23.5 Å². The van der Waals surface area contributed by atoms with Gasteiger partial charge in [-0.15, -0.1) is 0 Å². The summed E-state index contributed by atoms with van der Waals surface area (Å²) in [6, 6.07) is 3.82. The molecule has 2 rings (SSSR count). The van der Waals surface area contributed by atoms with E-state index >= 15 is 0 Å². The van der Waals surface area contributed by atoms with Crippen molar-refractivity contribution in [3.63, 3.8) is 0 Å². The Bertz CT molecular complexity index is 366. The van der Waals surface area contributed by atoms with Gasteiger partial charge in [0.05, 0.1) is 0 Å². The van der Waals surface area contributed by atoms with E-state index in [1.807, 2.05) is 30.7 Å². The van der Waals surface area contributed by atoms with Crippen molar-refractivity contribution in [2.75, 3.05) is 19.6 Å². The van der Waals surface area contributed by atoms with Gasteiger partial charge in [-0.05, 0) is 19.1 Å². The Morgan fingerprint density at radius 3 is 2.80 bits per heavy atom. The first kappa shape index (κ1) is 10.2. The van der Waals surface area contributed by atoms with Gasteiger partial charge in [0.1, 0.15) is 5.69 Å². The van der Waals surface area contributed by atoms with Crippen molar-refractivity contribution in [2.45, 2.75) is 6.92 Å². The summed E-state index contributed by atoms with van der Waals surface area (Å²) in [7, 11) is 1.91. The van der Waals surface area contributed by atoms with Crippen LogP contribution in [0.3, 0.4) is 0 Å². The largest absolute Gasteiger partial charge is 0.350 e. The monoisotopic (exact) mass is 207 g/mol. The molecule has 82 valence electrons. The first-order valence-electron chi connectivity index (χ1n) is 5.29. The van der Waals surface area contributed by atoms with Crippen molar-refractivity contribution < 1.29 is 4.79 Å². The third-order valence-electron chi connectivity index (χ3n) is 3.02. The smallest absolute Gasteiger partial charge is 0.267 e. The van der Waals surface area contributed by atoms with Crippen molar-refractivity contribution in [2.24, 2.45) is 13.0 Å². The molecule has 1 aromatic rings. The number of aromatic nitrogens is 1. The number of hydrogen-bond donors (Lipinski definition) is 2. The van der Waals surface area contributed by atoms with E-state index in [-0.39, 0.29) is 5.91 Å². The number of rotatable bonds is 3. The van der Waals surface area contributed by atoms with Crippen LogP contribution >= 0.6 is 0 Å². The molecule has 0 saturated carbocycles. The van der Waals surface area contributed by atoms with Gasteiger partial charge < -0.3 is 15.2 Å². The van der Waals surface area contributed by atoms with E-state index in [0.717, 1.165) is 31.0 Å². The Kier molecular flexibility index (Phi) is 2.77. The molecule has 15 heavy (non-hydrogen) atoms. The van der Waals surface area contributed by atoms with Crippen LogP contribution in [0.15, 0.2) is 12.1 Å². The molecular weight excluding hydrogens is 190 g/mol. The summed E-state index contributed by atoms with van der Waals surface area (Å²) in [5, 5.41) is 6.14. The van der Waals surface area contributed by atoms with Crippen LogP contribution < -0.4 is 10.6 Å². The second-order valence-electron chi connectivity index (χ2n) is 4.15. The third kappa shape index (κ3) is 2.04. The lowest BCUT2D eigenvalue weighted by molar-refractivity contribution is 0.0934. The van der Waals surface area contributed by atoms with E-state index in [2.05, 4.69) is 10.6 Å². The summed E-state index contributed by atoms with van der Waals surface area (Å²) in [6.45, 7) is 4.81. The van der Waals surface area contributed by atoms with E-state index in [1.165, 1.54) is 0 Å². The van der Waals surface area contributed by atoms with Gasteiger partial charge in [-0.3, -0.25) is 4.79 Å². The molecule has 0 radical (unpaired) electrons. The van der Waals surface area contributed by atoms with Crippen molar-refractivity contribution in [1.29, 1.82) is 0 Å². The first-order chi connectivity index (χ1) is 7.18. The number of nitrogens with one attached hydrogen (secondary N) is 2. The number of carbonyl (C=O) groups is 1. The molecule has 0 spiro atoms. The molecule has 0 unspecified atom stereocenters. The minimum atomic E-state index is 0.0255. The Hall–Kier alpha value is -1.29. The molecule has 1 aliphatic heterocycles. The zero-order valence-electron chi connectivity index (χ0n) is 9.21. The van der Waals surface area contributed by atoms with Gasteiger partial charge in [0.25, 0.3) is 5.91 Å². The molecule has 1 aliphatic rings. The average molecular weight is 207 g/mol. The van der Waals surface area contributed by atoms with E-state index in [1.54, 1.807) is 0 Å². The minimum absolute atomic E-state index is 0.0255. The highest BCUT2D eigenvalue weighted by atomic mass is 16.1. The van der Waals surface area contributed by atoms with Crippen LogP contribution in [0.1, 0.15) is 16.2 Å². The van der Waals surface area contributed by atoms with E-state index in [0.29, 0.717) is 5.92 Å². The molecule has 4 nitrogen and oxygen atoms in total. The molecule has 1 fully saturated rings. The third-order valence-corrected chi connectivity index (χ3v) is 3.02. The predicted molar refractivity (Wildman–Crippen MR) is 58.8 cm³/mol. The Morgan fingerprint density at radius 1 is 1.60 bits per heavy atom. The van der Waals surface area contributed by atoms with Gasteiger partial charge in [0.2, 0.25) is 0 Å². The van der Waals surface area contributed by atoms with Gasteiger partial charge in [-0.1, -0.05) is 0 Å². The molecule has 2 N–H and O–H groups in total. The highest BCUT2D eigenvalue weighted by molar-refractivity contribution is 5.92. The van der Waals surface area contributed by atoms with Crippen molar-refractivity contribution in [1.82, 2.24) is 15.2 Å². The highest BCUT2D eigenvalue weighted by Gasteiger charge is 2.18. The number of aryl methyl sites for hydroxylation is 1. The minimum Gasteiger partial charge on any atom is -0.350 e. The van der Waals surface area contributed by atoms with Crippen molar-refractivity contribution in [3.8, 4) is 0 Å². The first-order valence-corrected chi connectivity index (χ1v) is 5.29. The summed E-state index contributed by atoms with van der Waals surface area (Å²) < 4.78 is 1.91. The molecule has 0 aromatic carbocycles. The van der Waals surface area contributed by atoms with Gasteiger partial charge in [0, 0.05) is 38.3 Å². The molecule has 2 heterocycles. The maximum absolute atomic E-state index is 11.8. The van der Waals surface area contributed by atoms with Crippen LogP contribution in [0.5, 0.6) is 0 Å². The Balaban J connectivity index is 1.92. The molecule has 1 amide bonds. The average Bonchev–Trinajstić information content (AvgIpc) is 2.45. The lowest BCUT2D eigenvalue weighted by Gasteiger charge is -2.27. The second kappa shape index (κ2) is 4.06. The van der Waals surface area contributed by atoms with Gasteiger partial charge in [-0.2, -0.15) is 0 Å². The van der Waals surface area contributed by atoms with Crippen LogP contribution in [-0.2, 0) is 7.05 Å². The molecule has 1 saturated heterocycles. The van der Waals surface area contributed by atoms with Crippen LogP contribution in [0.4, 0.5) is 0 Å². The summed E-state index contributed by atoms with van der Waals surface area (Å²) in [6.07, 6.45) is 0. The SMILES string of the molecule is Cc1ccc(C(=O)NCC2CNC2)n1C. The van der Waals surface area contributed by atoms with Crippen LogP contribution in [-0.4, -0.2) is 30.1 Å². The fourth-order valence-electron chi connectivity index (χ4n) is 1.66. The predicted octanol–water partition coefficient (Wildman–Crippen LogP) is 0.283. The molecule has 4 heteroatoms. The normalized spacial score (nSPS) is 16.1. The number of nitrogens with zero attached hydrogens (tertiary/aromatic N) is 1. The Labute approximate surface area is 89.7 Å². The fourth-order valence-corrected chi connectivity index (χ4v) is 1.66. The molecule has 0 aliphatic carbocycles. The molecule has 0 atom stereocenters. The quantitative estimate of drug-likeness (QED) is 0.748. The number of amides is 1. The summed E-state index contributed by atoms with van der Waals surface area (Å²) in [4.78, 5) is 11.8.